The highest BCUT2D eigenvalue weighted by Gasteiger charge is 2.40. The van der Waals surface area contributed by atoms with Crippen molar-refractivity contribution >= 4 is 0 Å². The molecule has 0 bridgehead atoms. The summed E-state index contributed by atoms with van der Waals surface area (Å²) < 4.78 is 0. The van der Waals surface area contributed by atoms with Crippen LogP contribution in [0.4, 0.5) is 0 Å². The van der Waals surface area contributed by atoms with Gasteiger partial charge >= 0.3 is 0 Å². The Balaban J connectivity index is 0.000000741. The number of hydrogen-bond donors (Lipinski definition) is 4. The second kappa shape index (κ2) is 10.0. The molecule has 19 heavy (non-hydrogen) atoms. The normalized spacial score (nSPS) is 18.4. The fourth-order valence-electron chi connectivity index (χ4n) is 2.52. The molecule has 1 saturated heterocycles. The molecule has 2 rings (SSSR count). The van der Waals surface area contributed by atoms with Gasteiger partial charge in [-0.05, 0) is 38.1 Å². The van der Waals surface area contributed by atoms with Crippen LogP contribution < -0.4 is 11.1 Å². The molecule has 112 valence electrons. The molecule has 0 saturated carbocycles. The molecule has 0 aromatic carbocycles. The molecular formula is C15H31N3O. The number of nitrogens with two attached hydrogens (primary N) is 1. The van der Waals surface area contributed by atoms with E-state index in [1.165, 1.54) is 0 Å². The molecule has 4 nitrogen and oxygen atoms in total. The Kier molecular flexibility index (Phi) is 9.57. The van der Waals surface area contributed by atoms with Gasteiger partial charge in [0.1, 0.15) is 0 Å². The van der Waals surface area contributed by atoms with Crippen LogP contribution in [0.25, 0.3) is 0 Å². The number of aliphatic hydroxyl groups excluding tert-OH is 1. The van der Waals surface area contributed by atoms with Gasteiger partial charge in [0.25, 0.3) is 0 Å². The third-order valence-corrected chi connectivity index (χ3v) is 3.49. The van der Waals surface area contributed by atoms with Crippen molar-refractivity contribution < 1.29 is 5.11 Å². The van der Waals surface area contributed by atoms with E-state index >= 15 is 0 Å². The SMILES string of the molecule is CC.CC.NCC(O)C1(c2ccc[nH]2)CCNCC1. The molecule has 1 aromatic heterocycles. The Bertz CT molecular complexity index is 292. The van der Waals surface area contributed by atoms with E-state index in [2.05, 4.69) is 10.3 Å². The molecular weight excluding hydrogens is 238 g/mol. The number of aliphatic hydroxyl groups is 1. The molecule has 1 aromatic rings. The summed E-state index contributed by atoms with van der Waals surface area (Å²) in [6, 6.07) is 4.02. The van der Waals surface area contributed by atoms with Gasteiger partial charge < -0.3 is 21.1 Å². The maximum absolute atomic E-state index is 10.1. The zero-order valence-corrected chi connectivity index (χ0v) is 12.9. The Hall–Kier alpha value is -0.840. The topological polar surface area (TPSA) is 74.1 Å². The van der Waals surface area contributed by atoms with Crippen LogP contribution in [-0.4, -0.2) is 35.8 Å². The van der Waals surface area contributed by atoms with E-state index < -0.39 is 6.10 Å². The lowest BCUT2D eigenvalue weighted by Crippen LogP contribution is -2.50. The second-order valence-electron chi connectivity index (χ2n) is 4.24. The number of hydrogen-bond acceptors (Lipinski definition) is 3. The number of aromatic amines is 1. The first-order chi connectivity index (χ1) is 9.29. The molecule has 0 radical (unpaired) electrons. The minimum absolute atomic E-state index is 0.177. The summed E-state index contributed by atoms with van der Waals surface area (Å²) in [5, 5.41) is 13.4. The van der Waals surface area contributed by atoms with Crippen LogP contribution in [0.15, 0.2) is 18.3 Å². The van der Waals surface area contributed by atoms with Crippen LogP contribution in [0.1, 0.15) is 46.2 Å². The number of rotatable bonds is 3. The highest BCUT2D eigenvalue weighted by atomic mass is 16.3. The Morgan fingerprint density at radius 2 is 1.84 bits per heavy atom. The first-order valence-corrected chi connectivity index (χ1v) is 7.52. The first kappa shape index (κ1) is 18.2. The van der Waals surface area contributed by atoms with Crippen LogP contribution in [0.5, 0.6) is 0 Å². The van der Waals surface area contributed by atoms with Crippen LogP contribution in [0.3, 0.4) is 0 Å². The van der Waals surface area contributed by atoms with E-state index in [0.29, 0.717) is 6.54 Å². The Morgan fingerprint density at radius 1 is 1.26 bits per heavy atom. The zero-order valence-electron chi connectivity index (χ0n) is 12.9. The number of aromatic nitrogens is 1. The van der Waals surface area contributed by atoms with Crippen molar-refractivity contribution in [1.29, 1.82) is 0 Å². The summed E-state index contributed by atoms with van der Waals surface area (Å²) in [5.74, 6) is 0. The van der Waals surface area contributed by atoms with Crippen LogP contribution in [0, 0.1) is 0 Å². The number of piperidine rings is 1. The van der Waals surface area contributed by atoms with Crippen molar-refractivity contribution in [1.82, 2.24) is 10.3 Å². The maximum atomic E-state index is 10.1. The highest BCUT2D eigenvalue weighted by Crippen LogP contribution is 2.35. The second-order valence-corrected chi connectivity index (χ2v) is 4.24. The Labute approximate surface area is 117 Å². The van der Waals surface area contributed by atoms with Crippen LogP contribution >= 0.6 is 0 Å². The smallest absolute Gasteiger partial charge is 0.0774 e. The molecule has 4 heteroatoms. The molecule has 1 fully saturated rings. The molecule has 1 aliphatic rings. The summed E-state index contributed by atoms with van der Waals surface area (Å²) in [6.45, 7) is 10.2. The fraction of sp³-hybridized carbons (Fsp3) is 0.733. The van der Waals surface area contributed by atoms with E-state index in [-0.39, 0.29) is 5.41 Å². The molecule has 2 heterocycles. The van der Waals surface area contributed by atoms with Crippen molar-refractivity contribution in [3.63, 3.8) is 0 Å². The van der Waals surface area contributed by atoms with E-state index in [1.807, 2.05) is 46.0 Å². The highest BCUT2D eigenvalue weighted by molar-refractivity contribution is 5.21. The van der Waals surface area contributed by atoms with Gasteiger partial charge in [0.05, 0.1) is 6.10 Å². The summed E-state index contributed by atoms with van der Waals surface area (Å²) >= 11 is 0. The standard InChI is InChI=1S/C11H19N3O.2C2H6/c12-8-10(15)11(3-6-13-7-4-11)9-2-1-5-14-9;2*1-2/h1-2,5,10,13-15H,3-4,6-8,12H2;2*1-2H3. The van der Waals surface area contributed by atoms with Crippen molar-refractivity contribution in [3.8, 4) is 0 Å². The quantitative estimate of drug-likeness (QED) is 0.678. The van der Waals surface area contributed by atoms with Gasteiger partial charge in [-0.3, -0.25) is 0 Å². The van der Waals surface area contributed by atoms with E-state index in [1.54, 1.807) is 0 Å². The van der Waals surface area contributed by atoms with E-state index in [4.69, 9.17) is 5.73 Å². The van der Waals surface area contributed by atoms with Crippen molar-refractivity contribution in [2.75, 3.05) is 19.6 Å². The minimum Gasteiger partial charge on any atom is -0.391 e. The van der Waals surface area contributed by atoms with Gasteiger partial charge in [-0.15, -0.1) is 0 Å². The monoisotopic (exact) mass is 269 g/mol. The summed E-state index contributed by atoms with van der Waals surface area (Å²) in [5.41, 5.74) is 6.55. The van der Waals surface area contributed by atoms with Crippen LogP contribution in [-0.2, 0) is 5.41 Å². The minimum atomic E-state index is -0.460. The zero-order chi connectivity index (χ0) is 14.7. The van der Waals surface area contributed by atoms with Gasteiger partial charge in [-0.1, -0.05) is 27.7 Å². The van der Waals surface area contributed by atoms with Gasteiger partial charge in [-0.25, -0.2) is 0 Å². The average molecular weight is 269 g/mol. The van der Waals surface area contributed by atoms with Gasteiger partial charge in [0.2, 0.25) is 0 Å². The average Bonchev–Trinajstić information content (AvgIpc) is 3.06. The lowest BCUT2D eigenvalue weighted by atomic mass is 9.71. The summed E-state index contributed by atoms with van der Waals surface area (Å²) in [7, 11) is 0. The van der Waals surface area contributed by atoms with E-state index in [9.17, 15) is 5.11 Å². The summed E-state index contributed by atoms with van der Waals surface area (Å²) in [4.78, 5) is 3.22. The van der Waals surface area contributed by atoms with Crippen molar-refractivity contribution in [2.24, 2.45) is 5.73 Å². The Morgan fingerprint density at radius 3 is 2.26 bits per heavy atom. The third kappa shape index (κ3) is 4.34. The van der Waals surface area contributed by atoms with Crippen LogP contribution in [0.2, 0.25) is 0 Å². The largest absolute Gasteiger partial charge is 0.391 e. The molecule has 5 N–H and O–H groups in total. The van der Waals surface area contributed by atoms with Crippen molar-refractivity contribution in [2.45, 2.75) is 52.1 Å². The molecule has 0 aliphatic carbocycles. The number of H-pyrrole nitrogens is 1. The number of nitrogens with one attached hydrogen (secondary N) is 2. The van der Waals surface area contributed by atoms with Gasteiger partial charge in [0, 0.05) is 23.9 Å². The lowest BCUT2D eigenvalue weighted by Gasteiger charge is -2.40. The molecule has 1 unspecified atom stereocenters. The predicted octanol–water partition coefficient (Wildman–Crippen LogP) is 2.01. The molecule has 1 aliphatic heterocycles. The predicted molar refractivity (Wildman–Crippen MR) is 82.3 cm³/mol. The summed E-state index contributed by atoms with van der Waals surface area (Å²) in [6.07, 6.45) is 3.32. The lowest BCUT2D eigenvalue weighted by molar-refractivity contribution is 0.0626. The van der Waals surface area contributed by atoms with Gasteiger partial charge in [0.15, 0.2) is 0 Å². The molecule has 0 amide bonds. The van der Waals surface area contributed by atoms with Crippen molar-refractivity contribution in [3.05, 3.63) is 24.0 Å². The first-order valence-electron chi connectivity index (χ1n) is 7.52. The maximum Gasteiger partial charge on any atom is 0.0774 e. The third-order valence-electron chi connectivity index (χ3n) is 3.49. The van der Waals surface area contributed by atoms with E-state index in [0.717, 1.165) is 31.6 Å². The van der Waals surface area contributed by atoms with Gasteiger partial charge in [-0.2, -0.15) is 0 Å². The molecule has 1 atom stereocenters. The fourth-order valence-corrected chi connectivity index (χ4v) is 2.52. The molecule has 0 spiro atoms.